The molecule has 0 heterocycles. The number of nitrogens with one attached hydrogen (secondary N) is 1. The zero-order valence-corrected chi connectivity index (χ0v) is 18.7. The molecule has 1 aliphatic rings. The number of alkyl carbamates (subject to hydrolysis) is 1. The van der Waals surface area contributed by atoms with Crippen LogP contribution in [0, 0.1) is 0 Å². The highest BCUT2D eigenvalue weighted by atomic mass is 79.9. The van der Waals surface area contributed by atoms with Gasteiger partial charge in [-0.05, 0) is 46.0 Å². The number of aliphatic carboxylic acids is 1. The number of halogens is 2. The van der Waals surface area contributed by atoms with E-state index >= 15 is 0 Å². The van der Waals surface area contributed by atoms with Crippen molar-refractivity contribution < 1.29 is 19.4 Å². The Morgan fingerprint density at radius 3 is 2.26 bits per heavy atom. The largest absolute Gasteiger partial charge is 0.480 e. The van der Waals surface area contributed by atoms with E-state index in [1.165, 1.54) is 0 Å². The molecule has 3 aromatic rings. The van der Waals surface area contributed by atoms with Crippen LogP contribution in [0.1, 0.15) is 22.6 Å². The number of fused-ring (bicyclic) bond motifs is 3. The summed E-state index contributed by atoms with van der Waals surface area (Å²) in [4.78, 5) is 24.2. The molecule has 1 aliphatic carbocycles. The predicted molar refractivity (Wildman–Crippen MR) is 122 cm³/mol. The molecule has 0 saturated heterocycles. The average molecular weight is 501 g/mol. The van der Waals surface area contributed by atoms with Crippen molar-refractivity contribution in [2.45, 2.75) is 18.4 Å². The summed E-state index contributed by atoms with van der Waals surface area (Å²) in [5, 5.41) is 12.5. The SMILES string of the molecule is O=C(NC(Cc1cc(Cl)ccc1Br)C(=O)O)OCC1c2ccccc2-c2ccccc21. The van der Waals surface area contributed by atoms with Gasteiger partial charge in [-0.1, -0.05) is 76.1 Å². The Morgan fingerprint density at radius 1 is 1.03 bits per heavy atom. The molecule has 158 valence electrons. The van der Waals surface area contributed by atoms with E-state index in [1.54, 1.807) is 18.2 Å². The lowest BCUT2D eigenvalue weighted by Gasteiger charge is -2.18. The normalized spacial score (nSPS) is 13.2. The smallest absolute Gasteiger partial charge is 0.407 e. The molecule has 1 atom stereocenters. The number of rotatable bonds is 6. The fraction of sp³-hybridized carbons (Fsp3) is 0.167. The van der Waals surface area contributed by atoms with Crippen molar-refractivity contribution in [1.82, 2.24) is 5.32 Å². The van der Waals surface area contributed by atoms with E-state index in [2.05, 4.69) is 33.4 Å². The number of carbonyl (C=O) groups is 2. The highest BCUT2D eigenvalue weighted by Gasteiger charge is 2.30. The van der Waals surface area contributed by atoms with Crippen LogP contribution in [0.5, 0.6) is 0 Å². The number of hydrogen-bond acceptors (Lipinski definition) is 3. The third-order valence-corrected chi connectivity index (χ3v) is 6.37. The number of benzene rings is 3. The maximum Gasteiger partial charge on any atom is 0.407 e. The van der Waals surface area contributed by atoms with E-state index in [-0.39, 0.29) is 18.9 Å². The molecule has 3 aromatic carbocycles. The van der Waals surface area contributed by atoms with Crippen LogP contribution in [0.2, 0.25) is 5.02 Å². The molecule has 0 spiro atoms. The minimum atomic E-state index is -1.15. The van der Waals surface area contributed by atoms with E-state index in [4.69, 9.17) is 16.3 Å². The number of carboxylic acids is 1. The summed E-state index contributed by atoms with van der Waals surface area (Å²) in [6.45, 7) is 0.118. The molecule has 0 aliphatic heterocycles. The van der Waals surface area contributed by atoms with Gasteiger partial charge in [0.05, 0.1) is 0 Å². The van der Waals surface area contributed by atoms with Crippen LogP contribution < -0.4 is 5.32 Å². The third kappa shape index (κ3) is 4.60. The van der Waals surface area contributed by atoms with Gasteiger partial charge in [0.1, 0.15) is 12.6 Å². The molecule has 1 amide bonds. The lowest BCUT2D eigenvalue weighted by molar-refractivity contribution is -0.139. The molecule has 7 heteroatoms. The van der Waals surface area contributed by atoms with Gasteiger partial charge in [-0.2, -0.15) is 0 Å². The summed E-state index contributed by atoms with van der Waals surface area (Å²) in [6.07, 6.45) is -0.701. The second-order valence-corrected chi connectivity index (χ2v) is 8.59. The van der Waals surface area contributed by atoms with E-state index in [0.29, 0.717) is 10.6 Å². The Bertz CT molecular complexity index is 1100. The Labute approximate surface area is 193 Å². The lowest BCUT2D eigenvalue weighted by Crippen LogP contribution is -2.43. The highest BCUT2D eigenvalue weighted by Crippen LogP contribution is 2.44. The fourth-order valence-electron chi connectivity index (χ4n) is 3.90. The predicted octanol–water partition coefficient (Wildman–Crippen LogP) is 5.64. The van der Waals surface area contributed by atoms with Crippen molar-refractivity contribution in [2.24, 2.45) is 0 Å². The molecule has 5 nitrogen and oxygen atoms in total. The molecular formula is C24H19BrClNO4. The zero-order valence-electron chi connectivity index (χ0n) is 16.3. The van der Waals surface area contributed by atoms with Crippen molar-refractivity contribution in [2.75, 3.05) is 6.61 Å². The summed E-state index contributed by atoms with van der Waals surface area (Å²) >= 11 is 9.40. The molecule has 0 saturated carbocycles. The monoisotopic (exact) mass is 499 g/mol. The van der Waals surface area contributed by atoms with Crippen LogP contribution in [0.4, 0.5) is 4.79 Å². The van der Waals surface area contributed by atoms with Gasteiger partial charge in [-0.15, -0.1) is 0 Å². The molecule has 1 unspecified atom stereocenters. The Morgan fingerprint density at radius 2 is 1.65 bits per heavy atom. The average Bonchev–Trinajstić information content (AvgIpc) is 3.08. The van der Waals surface area contributed by atoms with Gasteiger partial charge in [-0.3, -0.25) is 0 Å². The summed E-state index contributed by atoms with van der Waals surface area (Å²) < 4.78 is 6.18. The van der Waals surface area contributed by atoms with E-state index in [9.17, 15) is 14.7 Å². The van der Waals surface area contributed by atoms with Crippen molar-refractivity contribution in [1.29, 1.82) is 0 Å². The first-order chi connectivity index (χ1) is 14.9. The number of carboxylic acid groups (broad SMARTS) is 1. The quantitative estimate of drug-likeness (QED) is 0.459. The standard InChI is InChI=1S/C24H19BrClNO4/c25-21-10-9-15(26)11-14(21)12-22(23(28)29)27-24(30)31-13-20-18-7-3-1-5-16(18)17-6-2-4-8-19(17)20/h1-11,20,22H,12-13H2,(H,27,30)(H,28,29). The number of amides is 1. The minimum absolute atomic E-state index is 0.0701. The first-order valence-electron chi connectivity index (χ1n) is 9.72. The van der Waals surface area contributed by atoms with Gasteiger partial charge < -0.3 is 15.2 Å². The number of carbonyl (C=O) groups excluding carboxylic acids is 1. The first kappa shape index (κ1) is 21.4. The Hall–Kier alpha value is -2.83. The van der Waals surface area contributed by atoms with Crippen LogP contribution in [-0.4, -0.2) is 29.8 Å². The van der Waals surface area contributed by atoms with Crippen LogP contribution in [0.15, 0.2) is 71.2 Å². The Balaban J connectivity index is 1.45. The molecule has 31 heavy (non-hydrogen) atoms. The van der Waals surface area contributed by atoms with Gasteiger partial charge in [0.2, 0.25) is 0 Å². The molecule has 0 radical (unpaired) electrons. The first-order valence-corrected chi connectivity index (χ1v) is 10.9. The minimum Gasteiger partial charge on any atom is -0.480 e. The van der Waals surface area contributed by atoms with E-state index in [0.717, 1.165) is 26.7 Å². The second-order valence-electron chi connectivity index (χ2n) is 7.30. The maximum atomic E-state index is 12.4. The van der Waals surface area contributed by atoms with Crippen molar-refractivity contribution in [3.63, 3.8) is 0 Å². The van der Waals surface area contributed by atoms with Gasteiger partial charge in [0, 0.05) is 21.8 Å². The second kappa shape index (κ2) is 9.12. The molecule has 0 aromatic heterocycles. The van der Waals surface area contributed by atoms with Gasteiger partial charge >= 0.3 is 12.1 Å². The van der Waals surface area contributed by atoms with Gasteiger partial charge in [-0.25, -0.2) is 9.59 Å². The van der Waals surface area contributed by atoms with E-state index < -0.39 is 18.1 Å². The molecule has 0 bridgehead atoms. The number of hydrogen-bond donors (Lipinski definition) is 2. The van der Waals surface area contributed by atoms with Crippen molar-refractivity contribution >= 4 is 39.6 Å². The van der Waals surface area contributed by atoms with Crippen LogP contribution >= 0.6 is 27.5 Å². The van der Waals surface area contributed by atoms with Crippen molar-refractivity contribution in [3.05, 3.63) is 92.9 Å². The Kier molecular flexibility index (Phi) is 6.30. The number of ether oxygens (including phenoxy) is 1. The fourth-order valence-corrected chi connectivity index (χ4v) is 4.51. The molecule has 4 rings (SSSR count). The highest BCUT2D eigenvalue weighted by molar-refractivity contribution is 9.10. The molecule has 0 fully saturated rings. The van der Waals surface area contributed by atoms with E-state index in [1.807, 2.05) is 36.4 Å². The molecular weight excluding hydrogens is 482 g/mol. The van der Waals surface area contributed by atoms with Crippen LogP contribution in [0.3, 0.4) is 0 Å². The topological polar surface area (TPSA) is 75.6 Å². The maximum absolute atomic E-state index is 12.4. The van der Waals surface area contributed by atoms with Gasteiger partial charge in [0.15, 0.2) is 0 Å². The van der Waals surface area contributed by atoms with Gasteiger partial charge in [0.25, 0.3) is 0 Å². The lowest BCUT2D eigenvalue weighted by atomic mass is 9.98. The van der Waals surface area contributed by atoms with Crippen LogP contribution in [-0.2, 0) is 16.0 Å². The summed E-state index contributed by atoms with van der Waals surface area (Å²) in [5.41, 5.74) is 5.12. The third-order valence-electron chi connectivity index (χ3n) is 5.37. The van der Waals surface area contributed by atoms with Crippen LogP contribution in [0.25, 0.3) is 11.1 Å². The summed E-state index contributed by atoms with van der Waals surface area (Å²) in [7, 11) is 0. The summed E-state index contributed by atoms with van der Waals surface area (Å²) in [6, 6.07) is 20.0. The van der Waals surface area contributed by atoms with Crippen molar-refractivity contribution in [3.8, 4) is 11.1 Å². The molecule has 2 N–H and O–H groups in total. The summed E-state index contributed by atoms with van der Waals surface area (Å²) in [5.74, 6) is -1.25. The zero-order chi connectivity index (χ0) is 22.0.